The molecule has 0 saturated heterocycles. The third kappa shape index (κ3) is 2.74. The van der Waals surface area contributed by atoms with Gasteiger partial charge in [0.25, 0.3) is 0 Å². The van der Waals surface area contributed by atoms with Crippen molar-refractivity contribution in [1.29, 1.82) is 0 Å². The van der Waals surface area contributed by atoms with Gasteiger partial charge in [-0.15, -0.1) is 0 Å². The maximum Gasteiger partial charge on any atom is 0.149 e. The van der Waals surface area contributed by atoms with Crippen molar-refractivity contribution < 1.29 is 0 Å². The Labute approximate surface area is 119 Å². The number of aryl methyl sites for hydroxylation is 1. The van der Waals surface area contributed by atoms with E-state index in [1.165, 1.54) is 11.1 Å². The molecule has 1 aliphatic rings. The molecule has 0 atom stereocenters. The van der Waals surface area contributed by atoms with Gasteiger partial charge in [0.1, 0.15) is 11.6 Å². The monoisotopic (exact) mass is 268 g/mol. The summed E-state index contributed by atoms with van der Waals surface area (Å²) in [5.74, 6) is 1.81. The SMILES string of the molecule is CCNc1cncc(N2CCCc3ccccc3C2)n1. The zero-order valence-electron chi connectivity index (χ0n) is 11.8. The van der Waals surface area contributed by atoms with E-state index in [9.17, 15) is 0 Å². The molecule has 2 aromatic rings. The van der Waals surface area contributed by atoms with E-state index in [4.69, 9.17) is 0 Å². The molecule has 0 bridgehead atoms. The van der Waals surface area contributed by atoms with Gasteiger partial charge in [0, 0.05) is 19.6 Å². The molecule has 2 heterocycles. The van der Waals surface area contributed by atoms with Crippen LogP contribution in [-0.4, -0.2) is 23.1 Å². The first-order valence-electron chi connectivity index (χ1n) is 7.24. The van der Waals surface area contributed by atoms with Crippen molar-refractivity contribution in [2.24, 2.45) is 0 Å². The molecule has 0 aliphatic carbocycles. The quantitative estimate of drug-likeness (QED) is 0.929. The molecular weight excluding hydrogens is 248 g/mol. The Morgan fingerprint density at radius 2 is 2.05 bits per heavy atom. The van der Waals surface area contributed by atoms with Crippen LogP contribution in [0.4, 0.5) is 11.6 Å². The molecular formula is C16H20N4. The van der Waals surface area contributed by atoms with E-state index in [0.717, 1.165) is 44.1 Å². The second-order valence-electron chi connectivity index (χ2n) is 5.09. The summed E-state index contributed by atoms with van der Waals surface area (Å²) in [7, 11) is 0. The average Bonchev–Trinajstić information content (AvgIpc) is 2.70. The lowest BCUT2D eigenvalue weighted by molar-refractivity contribution is 0.752. The molecule has 1 aromatic heterocycles. The summed E-state index contributed by atoms with van der Waals surface area (Å²) in [4.78, 5) is 11.3. The fourth-order valence-electron chi connectivity index (χ4n) is 2.67. The molecule has 1 N–H and O–H groups in total. The molecule has 0 saturated carbocycles. The third-order valence-corrected chi connectivity index (χ3v) is 3.66. The molecule has 0 spiro atoms. The van der Waals surface area contributed by atoms with Crippen molar-refractivity contribution in [2.75, 3.05) is 23.3 Å². The van der Waals surface area contributed by atoms with E-state index in [-0.39, 0.29) is 0 Å². The van der Waals surface area contributed by atoms with Crippen LogP contribution in [-0.2, 0) is 13.0 Å². The molecule has 0 amide bonds. The number of nitrogens with zero attached hydrogens (tertiary/aromatic N) is 3. The Morgan fingerprint density at radius 1 is 1.20 bits per heavy atom. The minimum Gasteiger partial charge on any atom is -0.369 e. The molecule has 104 valence electrons. The van der Waals surface area contributed by atoms with Gasteiger partial charge in [-0.05, 0) is 30.9 Å². The highest BCUT2D eigenvalue weighted by atomic mass is 15.2. The Morgan fingerprint density at radius 3 is 2.90 bits per heavy atom. The second-order valence-corrected chi connectivity index (χ2v) is 5.09. The van der Waals surface area contributed by atoms with Crippen LogP contribution in [0.1, 0.15) is 24.5 Å². The van der Waals surface area contributed by atoms with Crippen LogP contribution in [0.15, 0.2) is 36.7 Å². The Kier molecular flexibility index (Phi) is 3.81. The van der Waals surface area contributed by atoms with Crippen LogP contribution < -0.4 is 10.2 Å². The van der Waals surface area contributed by atoms with Crippen molar-refractivity contribution >= 4 is 11.6 Å². The largest absolute Gasteiger partial charge is 0.369 e. The molecule has 0 radical (unpaired) electrons. The van der Waals surface area contributed by atoms with Gasteiger partial charge in [-0.25, -0.2) is 4.98 Å². The fraction of sp³-hybridized carbons (Fsp3) is 0.375. The van der Waals surface area contributed by atoms with E-state index in [2.05, 4.69) is 51.4 Å². The van der Waals surface area contributed by atoms with Crippen molar-refractivity contribution in [3.05, 3.63) is 47.8 Å². The van der Waals surface area contributed by atoms with Crippen molar-refractivity contribution in [2.45, 2.75) is 26.3 Å². The maximum absolute atomic E-state index is 4.65. The number of nitrogens with one attached hydrogen (secondary N) is 1. The number of benzene rings is 1. The van der Waals surface area contributed by atoms with Crippen LogP contribution >= 0.6 is 0 Å². The van der Waals surface area contributed by atoms with E-state index in [1.54, 1.807) is 6.20 Å². The first kappa shape index (κ1) is 12.9. The average molecular weight is 268 g/mol. The number of rotatable bonds is 3. The number of anilines is 2. The minimum absolute atomic E-state index is 0.850. The predicted molar refractivity (Wildman–Crippen MR) is 82.0 cm³/mol. The number of fused-ring (bicyclic) bond motifs is 1. The Hall–Kier alpha value is -2.10. The first-order chi connectivity index (χ1) is 9.86. The van der Waals surface area contributed by atoms with Gasteiger partial charge >= 0.3 is 0 Å². The third-order valence-electron chi connectivity index (χ3n) is 3.66. The second kappa shape index (κ2) is 5.90. The number of aromatic nitrogens is 2. The normalized spacial score (nSPS) is 14.6. The van der Waals surface area contributed by atoms with Gasteiger partial charge < -0.3 is 10.2 Å². The lowest BCUT2D eigenvalue weighted by Crippen LogP contribution is -2.24. The van der Waals surface area contributed by atoms with Gasteiger partial charge in [0.05, 0.1) is 12.4 Å². The van der Waals surface area contributed by atoms with E-state index >= 15 is 0 Å². The summed E-state index contributed by atoms with van der Waals surface area (Å²) in [6.07, 6.45) is 5.94. The fourth-order valence-corrected chi connectivity index (χ4v) is 2.67. The van der Waals surface area contributed by atoms with E-state index in [0.29, 0.717) is 0 Å². The van der Waals surface area contributed by atoms with Gasteiger partial charge in [-0.3, -0.25) is 4.98 Å². The Balaban J connectivity index is 1.85. The number of hydrogen-bond donors (Lipinski definition) is 1. The maximum atomic E-state index is 4.65. The van der Waals surface area contributed by atoms with Crippen molar-refractivity contribution in [3.8, 4) is 0 Å². The van der Waals surface area contributed by atoms with Crippen molar-refractivity contribution in [3.63, 3.8) is 0 Å². The highest BCUT2D eigenvalue weighted by molar-refractivity contribution is 5.45. The molecule has 0 fully saturated rings. The van der Waals surface area contributed by atoms with Crippen LogP contribution in [0.25, 0.3) is 0 Å². The smallest absolute Gasteiger partial charge is 0.149 e. The van der Waals surface area contributed by atoms with Crippen molar-refractivity contribution in [1.82, 2.24) is 9.97 Å². The van der Waals surface area contributed by atoms with Gasteiger partial charge in [0.15, 0.2) is 0 Å². The standard InChI is InChI=1S/C16H20N4/c1-2-18-15-10-17-11-16(19-15)20-9-5-8-13-6-3-4-7-14(13)12-20/h3-4,6-7,10-11H,2,5,8-9,12H2,1H3,(H,18,19). The summed E-state index contributed by atoms with van der Waals surface area (Å²) in [5, 5.41) is 3.22. The summed E-state index contributed by atoms with van der Waals surface area (Å²) in [5.41, 5.74) is 2.87. The summed E-state index contributed by atoms with van der Waals surface area (Å²) in [6, 6.07) is 8.69. The summed E-state index contributed by atoms with van der Waals surface area (Å²) >= 11 is 0. The van der Waals surface area contributed by atoms with E-state index < -0.39 is 0 Å². The Bertz CT molecular complexity index is 582. The predicted octanol–water partition coefficient (Wildman–Crippen LogP) is 2.86. The molecule has 20 heavy (non-hydrogen) atoms. The number of hydrogen-bond acceptors (Lipinski definition) is 4. The zero-order valence-corrected chi connectivity index (χ0v) is 11.8. The van der Waals surface area contributed by atoms with Crippen LogP contribution in [0.2, 0.25) is 0 Å². The van der Waals surface area contributed by atoms with E-state index in [1.807, 2.05) is 6.20 Å². The first-order valence-corrected chi connectivity index (χ1v) is 7.24. The van der Waals surface area contributed by atoms with Crippen LogP contribution in [0.3, 0.4) is 0 Å². The lowest BCUT2D eigenvalue weighted by Gasteiger charge is -2.22. The van der Waals surface area contributed by atoms with Crippen LogP contribution in [0.5, 0.6) is 0 Å². The minimum atomic E-state index is 0.850. The summed E-state index contributed by atoms with van der Waals surface area (Å²) < 4.78 is 0. The zero-order chi connectivity index (χ0) is 13.8. The molecule has 1 aromatic carbocycles. The van der Waals surface area contributed by atoms with Gasteiger partial charge in [-0.2, -0.15) is 0 Å². The molecule has 3 rings (SSSR count). The van der Waals surface area contributed by atoms with Crippen LogP contribution in [0, 0.1) is 0 Å². The highest BCUT2D eigenvalue weighted by Gasteiger charge is 2.15. The summed E-state index contributed by atoms with van der Waals surface area (Å²) in [6.45, 7) is 4.87. The van der Waals surface area contributed by atoms with Gasteiger partial charge in [-0.1, -0.05) is 24.3 Å². The topological polar surface area (TPSA) is 41.1 Å². The molecule has 4 nitrogen and oxygen atoms in total. The van der Waals surface area contributed by atoms with Gasteiger partial charge in [0.2, 0.25) is 0 Å². The highest BCUT2D eigenvalue weighted by Crippen LogP contribution is 2.22. The molecule has 1 aliphatic heterocycles. The lowest BCUT2D eigenvalue weighted by atomic mass is 10.0. The molecule has 4 heteroatoms. The molecule has 0 unspecified atom stereocenters.